The van der Waals surface area contributed by atoms with Crippen LogP contribution in [0.3, 0.4) is 0 Å². The summed E-state index contributed by atoms with van der Waals surface area (Å²) in [6, 6.07) is 2.74. The maximum Gasteiger partial charge on any atom is 0.326 e. The number of carboxylic acids is 1. The van der Waals surface area contributed by atoms with Crippen LogP contribution in [0.2, 0.25) is 0 Å². The number of carbonyl (C=O) groups excluding carboxylic acids is 4. The van der Waals surface area contributed by atoms with Gasteiger partial charge in [-0.3, -0.25) is 19.2 Å². The molecule has 13 nitrogen and oxygen atoms in total. The third kappa shape index (κ3) is 9.37. The van der Waals surface area contributed by atoms with Crippen molar-refractivity contribution >= 4 is 40.5 Å². The van der Waals surface area contributed by atoms with Gasteiger partial charge >= 0.3 is 5.97 Å². The van der Waals surface area contributed by atoms with Gasteiger partial charge in [0.2, 0.25) is 23.6 Å². The largest absolute Gasteiger partial charge is 0.480 e. The summed E-state index contributed by atoms with van der Waals surface area (Å²) in [5, 5.41) is 18.0. The van der Waals surface area contributed by atoms with Crippen molar-refractivity contribution in [1.29, 1.82) is 0 Å². The average Bonchev–Trinajstić information content (AvgIpc) is 3.28. The van der Waals surface area contributed by atoms with Crippen LogP contribution in [0.25, 0.3) is 10.9 Å². The molecule has 0 aliphatic heterocycles. The fourth-order valence-corrected chi connectivity index (χ4v) is 4.12. The van der Waals surface area contributed by atoms with Gasteiger partial charge in [0.1, 0.15) is 18.1 Å². The number of amides is 4. The van der Waals surface area contributed by atoms with E-state index in [4.69, 9.17) is 17.2 Å². The number of primary amides is 1. The number of hydrogen-bond donors (Lipinski definition) is 8. The number of unbranched alkanes of at least 4 members (excludes halogenated alkanes) is 1. The van der Waals surface area contributed by atoms with Gasteiger partial charge in [-0.2, -0.15) is 0 Å². The van der Waals surface area contributed by atoms with E-state index >= 15 is 0 Å². The Morgan fingerprint density at radius 1 is 0.949 bits per heavy atom. The summed E-state index contributed by atoms with van der Waals surface area (Å²) in [7, 11) is 0. The predicted octanol–water partition coefficient (Wildman–Crippen LogP) is -0.763. The number of para-hydroxylation sites is 1. The van der Waals surface area contributed by atoms with Crippen molar-refractivity contribution in [2.24, 2.45) is 23.1 Å². The Bertz CT molecular complexity index is 1160. The number of nitrogens with one attached hydrogen (secondary N) is 4. The van der Waals surface area contributed by atoms with E-state index in [2.05, 4.69) is 20.9 Å². The summed E-state index contributed by atoms with van der Waals surface area (Å²) in [6.45, 7) is 3.69. The molecule has 0 saturated heterocycles. The molecular weight excluding hydrogens is 506 g/mol. The first-order valence-corrected chi connectivity index (χ1v) is 12.9. The second-order valence-electron chi connectivity index (χ2n) is 9.82. The molecule has 13 heteroatoms. The standard InChI is InChI=1S/C26H39N7O6/c1-14(2)22(26(38)39)33-24(36)19(9-5-6-10-27)31-25(37)20(32-23(35)17(28)12-21(29)34)11-15-13-30-18-8-4-3-7-16(15)18/h3-4,7-8,13-14,17,19-20,22,30H,5-6,9-12,27-28H2,1-2H3,(H2,29,34)(H,31,37)(H,32,35)(H,33,36)(H,38,39). The Balaban J connectivity index is 2.31. The molecule has 1 aromatic heterocycles. The van der Waals surface area contributed by atoms with Crippen molar-refractivity contribution < 1.29 is 29.1 Å². The van der Waals surface area contributed by atoms with Gasteiger partial charge < -0.3 is 43.2 Å². The van der Waals surface area contributed by atoms with Gasteiger partial charge in [0.15, 0.2) is 0 Å². The molecule has 0 radical (unpaired) electrons. The summed E-state index contributed by atoms with van der Waals surface area (Å²) < 4.78 is 0. The van der Waals surface area contributed by atoms with E-state index in [1.807, 2.05) is 24.3 Å². The SMILES string of the molecule is CC(C)C(NC(=O)C(CCCCN)NC(=O)C(Cc1c[nH]c2ccccc12)NC(=O)C(N)CC(N)=O)C(=O)O. The zero-order valence-electron chi connectivity index (χ0n) is 22.2. The zero-order chi connectivity index (χ0) is 29.1. The Morgan fingerprint density at radius 3 is 2.21 bits per heavy atom. The smallest absolute Gasteiger partial charge is 0.326 e. The van der Waals surface area contributed by atoms with Crippen molar-refractivity contribution in [3.8, 4) is 0 Å². The number of hydrogen-bond acceptors (Lipinski definition) is 7. The van der Waals surface area contributed by atoms with E-state index in [-0.39, 0.29) is 12.8 Å². The van der Waals surface area contributed by atoms with Crippen LogP contribution < -0.4 is 33.2 Å². The van der Waals surface area contributed by atoms with Crippen molar-refractivity contribution in [3.63, 3.8) is 0 Å². The fourth-order valence-electron chi connectivity index (χ4n) is 4.12. The highest BCUT2D eigenvalue weighted by atomic mass is 16.4. The molecule has 0 bridgehead atoms. The number of nitrogens with two attached hydrogens (primary N) is 3. The van der Waals surface area contributed by atoms with Crippen LogP contribution in [0.1, 0.15) is 45.1 Å². The lowest BCUT2D eigenvalue weighted by atomic mass is 10.0. The summed E-state index contributed by atoms with van der Waals surface area (Å²) in [5.74, 6) is -4.46. The Hall–Kier alpha value is -3.97. The number of aliphatic carboxylic acids is 1. The lowest BCUT2D eigenvalue weighted by Gasteiger charge is -2.26. The van der Waals surface area contributed by atoms with Crippen LogP contribution in [-0.4, -0.2) is 70.4 Å². The van der Waals surface area contributed by atoms with Crippen LogP contribution in [0, 0.1) is 5.92 Å². The number of benzene rings is 1. The zero-order valence-corrected chi connectivity index (χ0v) is 22.2. The first kappa shape index (κ1) is 31.2. The maximum absolute atomic E-state index is 13.5. The number of fused-ring (bicyclic) bond motifs is 1. The summed E-state index contributed by atoms with van der Waals surface area (Å²) in [6.07, 6.45) is 2.63. The maximum atomic E-state index is 13.5. The van der Waals surface area contributed by atoms with Gasteiger partial charge in [0.05, 0.1) is 12.5 Å². The minimum atomic E-state index is -1.27. The molecule has 4 unspecified atom stereocenters. The molecular formula is C26H39N7O6. The molecule has 11 N–H and O–H groups in total. The van der Waals surface area contributed by atoms with E-state index in [0.717, 1.165) is 16.5 Å². The molecule has 0 fully saturated rings. The van der Waals surface area contributed by atoms with Crippen molar-refractivity contribution in [1.82, 2.24) is 20.9 Å². The molecule has 39 heavy (non-hydrogen) atoms. The average molecular weight is 546 g/mol. The monoisotopic (exact) mass is 545 g/mol. The van der Waals surface area contributed by atoms with Crippen molar-refractivity contribution in [2.75, 3.05) is 6.54 Å². The fraction of sp³-hybridized carbons (Fsp3) is 0.500. The quantitative estimate of drug-likeness (QED) is 0.124. The third-order valence-electron chi connectivity index (χ3n) is 6.30. The lowest BCUT2D eigenvalue weighted by molar-refractivity contribution is -0.143. The van der Waals surface area contributed by atoms with Gasteiger partial charge in [-0.05, 0) is 43.4 Å². The van der Waals surface area contributed by atoms with Gasteiger partial charge in [-0.15, -0.1) is 0 Å². The number of rotatable bonds is 16. The molecule has 0 saturated carbocycles. The van der Waals surface area contributed by atoms with E-state index in [9.17, 15) is 29.1 Å². The molecule has 214 valence electrons. The second-order valence-corrected chi connectivity index (χ2v) is 9.82. The van der Waals surface area contributed by atoms with E-state index in [0.29, 0.717) is 19.4 Å². The highest BCUT2D eigenvalue weighted by Gasteiger charge is 2.31. The molecule has 0 spiro atoms. The van der Waals surface area contributed by atoms with E-state index < -0.39 is 66.1 Å². The minimum Gasteiger partial charge on any atom is -0.480 e. The highest BCUT2D eigenvalue weighted by molar-refractivity contribution is 5.95. The van der Waals surface area contributed by atoms with Crippen LogP contribution in [0.5, 0.6) is 0 Å². The lowest BCUT2D eigenvalue weighted by Crippen LogP contribution is -2.58. The number of H-pyrrole nitrogens is 1. The normalized spacial score (nSPS) is 14.3. The van der Waals surface area contributed by atoms with Crippen LogP contribution >= 0.6 is 0 Å². The Morgan fingerprint density at radius 2 is 1.59 bits per heavy atom. The predicted molar refractivity (Wildman–Crippen MR) is 145 cm³/mol. The van der Waals surface area contributed by atoms with Gasteiger partial charge in [-0.25, -0.2) is 4.79 Å². The first-order valence-electron chi connectivity index (χ1n) is 12.9. The molecule has 0 aliphatic rings. The van der Waals surface area contributed by atoms with E-state index in [1.54, 1.807) is 20.0 Å². The molecule has 4 atom stereocenters. The molecule has 1 aromatic carbocycles. The minimum absolute atomic E-state index is 0.0474. The number of aromatic nitrogens is 1. The highest BCUT2D eigenvalue weighted by Crippen LogP contribution is 2.19. The van der Waals surface area contributed by atoms with E-state index in [1.165, 1.54) is 0 Å². The molecule has 2 rings (SSSR count). The summed E-state index contributed by atoms with van der Waals surface area (Å²) in [5.41, 5.74) is 18.1. The van der Waals surface area contributed by atoms with Crippen LogP contribution in [-0.2, 0) is 30.4 Å². The van der Waals surface area contributed by atoms with Gasteiger partial charge in [0, 0.05) is 23.5 Å². The molecule has 2 aromatic rings. The summed E-state index contributed by atoms with van der Waals surface area (Å²) >= 11 is 0. The Kier molecular flexibility index (Phi) is 11.9. The molecule has 0 aliphatic carbocycles. The summed E-state index contributed by atoms with van der Waals surface area (Å²) in [4.78, 5) is 65.3. The number of aromatic amines is 1. The first-order chi connectivity index (χ1) is 18.4. The van der Waals surface area contributed by atoms with Gasteiger partial charge in [0.25, 0.3) is 0 Å². The topological polar surface area (TPSA) is 236 Å². The van der Waals surface area contributed by atoms with Crippen molar-refractivity contribution in [2.45, 2.75) is 70.1 Å². The van der Waals surface area contributed by atoms with Gasteiger partial charge in [-0.1, -0.05) is 32.0 Å². The number of carbonyl (C=O) groups is 5. The second kappa shape index (κ2) is 14.8. The Labute approximate surface area is 226 Å². The third-order valence-corrected chi connectivity index (χ3v) is 6.30. The number of carboxylic acid groups (broad SMARTS) is 1. The van der Waals surface area contributed by atoms with Crippen molar-refractivity contribution in [3.05, 3.63) is 36.0 Å². The van der Waals surface area contributed by atoms with Crippen LogP contribution in [0.15, 0.2) is 30.5 Å². The molecule has 4 amide bonds. The van der Waals surface area contributed by atoms with Crippen LogP contribution in [0.4, 0.5) is 0 Å². The molecule has 1 heterocycles.